The molecule has 3 N–H and O–H groups in total. The topological polar surface area (TPSA) is 116 Å². The zero-order valence-corrected chi connectivity index (χ0v) is 18.2. The Morgan fingerprint density at radius 1 is 1.06 bits per heavy atom. The van der Waals surface area contributed by atoms with Crippen molar-refractivity contribution in [2.75, 3.05) is 7.11 Å². The van der Waals surface area contributed by atoms with Gasteiger partial charge in [0.1, 0.15) is 5.75 Å². The average Bonchev–Trinajstić information content (AvgIpc) is 3.33. The van der Waals surface area contributed by atoms with Gasteiger partial charge in [0, 0.05) is 17.0 Å². The standard InChI is InChI=1S/C26H20N4O4/c1-34-21-10-7-19-14-30(23(31)22(19)12-21)15-26(24(32)28-25(33)29-26)20-8-5-17(6-9-20)18-4-2-3-16(11-18)13-27/h2-12,14,31H,15H2,1H3,(H2,28,29,32,33)/t26-/m0/s1. The smallest absolute Gasteiger partial charge is 0.322 e. The molecule has 3 aromatic carbocycles. The van der Waals surface area contributed by atoms with E-state index in [0.29, 0.717) is 22.3 Å². The molecule has 0 spiro atoms. The number of imide groups is 1. The summed E-state index contributed by atoms with van der Waals surface area (Å²) in [7, 11) is 1.54. The predicted molar refractivity (Wildman–Crippen MR) is 125 cm³/mol. The van der Waals surface area contributed by atoms with E-state index in [1.165, 1.54) is 0 Å². The summed E-state index contributed by atoms with van der Waals surface area (Å²) < 4.78 is 6.78. The summed E-state index contributed by atoms with van der Waals surface area (Å²) in [6.07, 6.45) is 1.73. The van der Waals surface area contributed by atoms with Crippen LogP contribution >= 0.6 is 0 Å². The maximum Gasteiger partial charge on any atom is 0.322 e. The van der Waals surface area contributed by atoms with Crippen molar-refractivity contribution in [3.63, 3.8) is 0 Å². The Morgan fingerprint density at radius 2 is 1.85 bits per heavy atom. The van der Waals surface area contributed by atoms with Crippen LogP contribution in [0.4, 0.5) is 4.79 Å². The second-order valence-corrected chi connectivity index (χ2v) is 8.12. The van der Waals surface area contributed by atoms with Crippen molar-refractivity contribution in [1.29, 1.82) is 5.26 Å². The van der Waals surface area contributed by atoms with Crippen LogP contribution in [0.3, 0.4) is 0 Å². The number of rotatable bonds is 5. The number of nitrogens with zero attached hydrogens (tertiary/aromatic N) is 2. The number of fused-ring (bicyclic) bond motifs is 1. The van der Waals surface area contributed by atoms with Gasteiger partial charge in [-0.25, -0.2) is 4.79 Å². The third kappa shape index (κ3) is 3.40. The van der Waals surface area contributed by atoms with Crippen LogP contribution < -0.4 is 15.4 Å². The molecule has 4 aromatic rings. The van der Waals surface area contributed by atoms with Gasteiger partial charge in [-0.05, 0) is 47.0 Å². The molecule has 1 aromatic heterocycles. The average molecular weight is 452 g/mol. The normalized spacial score (nSPS) is 17.3. The van der Waals surface area contributed by atoms with Crippen LogP contribution in [0.5, 0.6) is 11.6 Å². The summed E-state index contributed by atoms with van der Waals surface area (Å²) in [5.41, 5.74) is 1.42. The van der Waals surface area contributed by atoms with Crippen molar-refractivity contribution in [2.24, 2.45) is 0 Å². The van der Waals surface area contributed by atoms with E-state index in [9.17, 15) is 14.7 Å². The highest BCUT2D eigenvalue weighted by atomic mass is 16.5. The highest BCUT2D eigenvalue weighted by Crippen LogP contribution is 2.35. The largest absolute Gasteiger partial charge is 0.497 e. The molecule has 1 saturated heterocycles. The Bertz CT molecular complexity index is 1480. The van der Waals surface area contributed by atoms with E-state index in [4.69, 9.17) is 10.00 Å². The van der Waals surface area contributed by atoms with Gasteiger partial charge in [0.05, 0.1) is 25.3 Å². The molecule has 0 aliphatic carbocycles. The SMILES string of the molecule is COc1ccc2cn(C[C@@]3(c4ccc(-c5cccc(C#N)c5)cc4)NC(=O)NC3=O)c(O)c2c1. The van der Waals surface area contributed by atoms with Crippen molar-refractivity contribution in [3.05, 3.63) is 84.1 Å². The van der Waals surface area contributed by atoms with Crippen LogP contribution in [0.2, 0.25) is 0 Å². The lowest BCUT2D eigenvalue weighted by Gasteiger charge is -2.27. The first-order chi connectivity index (χ1) is 16.4. The summed E-state index contributed by atoms with van der Waals surface area (Å²) in [4.78, 5) is 25.2. The van der Waals surface area contributed by atoms with Crippen LogP contribution in [-0.4, -0.2) is 28.7 Å². The van der Waals surface area contributed by atoms with Gasteiger partial charge >= 0.3 is 6.03 Å². The third-order valence-electron chi connectivity index (χ3n) is 6.12. The van der Waals surface area contributed by atoms with Gasteiger partial charge in [0.15, 0.2) is 11.4 Å². The molecule has 8 heteroatoms. The molecule has 5 rings (SSSR count). The summed E-state index contributed by atoms with van der Waals surface area (Å²) in [6.45, 7) is -0.0172. The van der Waals surface area contributed by atoms with E-state index < -0.39 is 17.5 Å². The number of carbonyl (C=O) groups excluding carboxylic acids is 2. The minimum atomic E-state index is -1.42. The summed E-state index contributed by atoms with van der Waals surface area (Å²) in [5, 5.41) is 26.4. The fourth-order valence-corrected chi connectivity index (χ4v) is 4.34. The van der Waals surface area contributed by atoms with Gasteiger partial charge in [-0.15, -0.1) is 0 Å². The highest BCUT2D eigenvalue weighted by molar-refractivity contribution is 6.07. The Balaban J connectivity index is 1.55. The van der Waals surface area contributed by atoms with E-state index in [2.05, 4.69) is 16.7 Å². The second-order valence-electron chi connectivity index (χ2n) is 8.12. The van der Waals surface area contributed by atoms with E-state index in [1.807, 2.05) is 30.3 Å². The number of benzene rings is 3. The van der Waals surface area contributed by atoms with E-state index in [-0.39, 0.29) is 12.4 Å². The highest BCUT2D eigenvalue weighted by Gasteiger charge is 2.48. The summed E-state index contributed by atoms with van der Waals surface area (Å²) in [5.74, 6) is 0.0526. The number of ether oxygens (including phenoxy) is 1. The lowest BCUT2D eigenvalue weighted by atomic mass is 9.88. The Kier molecular flexibility index (Phi) is 4.95. The van der Waals surface area contributed by atoms with E-state index in [1.54, 1.807) is 54.3 Å². The minimum absolute atomic E-state index is 0.0172. The van der Waals surface area contributed by atoms with Crippen LogP contribution in [0.1, 0.15) is 11.1 Å². The quantitative estimate of drug-likeness (QED) is 0.400. The van der Waals surface area contributed by atoms with Gasteiger partial charge in [0.25, 0.3) is 5.91 Å². The number of urea groups is 1. The van der Waals surface area contributed by atoms with Crippen molar-refractivity contribution >= 4 is 22.7 Å². The van der Waals surface area contributed by atoms with Crippen LogP contribution in [0, 0.1) is 11.3 Å². The molecule has 0 unspecified atom stereocenters. The lowest BCUT2D eigenvalue weighted by Crippen LogP contribution is -2.47. The molecule has 0 saturated carbocycles. The first-order valence-electron chi connectivity index (χ1n) is 10.5. The third-order valence-corrected chi connectivity index (χ3v) is 6.12. The van der Waals surface area contributed by atoms with Gasteiger partial charge in [0.2, 0.25) is 0 Å². The molecule has 8 nitrogen and oxygen atoms in total. The minimum Gasteiger partial charge on any atom is -0.497 e. The molecule has 1 fully saturated rings. The number of hydrogen-bond donors (Lipinski definition) is 3. The molecule has 1 atom stereocenters. The number of aromatic nitrogens is 1. The Labute approximate surface area is 195 Å². The molecule has 0 radical (unpaired) electrons. The Hall–Kier alpha value is -4.77. The maximum atomic E-state index is 13.0. The monoisotopic (exact) mass is 452 g/mol. The zero-order chi connectivity index (χ0) is 23.9. The predicted octanol–water partition coefficient (Wildman–Crippen LogP) is 3.63. The summed E-state index contributed by atoms with van der Waals surface area (Å²) in [6, 6.07) is 21.3. The maximum absolute atomic E-state index is 13.0. The van der Waals surface area contributed by atoms with Gasteiger partial charge in [-0.1, -0.05) is 36.4 Å². The summed E-state index contributed by atoms with van der Waals surface area (Å²) >= 11 is 0. The van der Waals surface area contributed by atoms with Crippen LogP contribution in [0.25, 0.3) is 21.9 Å². The van der Waals surface area contributed by atoms with Gasteiger partial charge in [-0.2, -0.15) is 5.26 Å². The van der Waals surface area contributed by atoms with Crippen molar-refractivity contribution in [3.8, 4) is 28.8 Å². The van der Waals surface area contributed by atoms with Crippen molar-refractivity contribution < 1.29 is 19.4 Å². The number of aromatic hydroxyl groups is 1. The number of methoxy groups -OCH3 is 1. The number of amides is 3. The van der Waals surface area contributed by atoms with Crippen LogP contribution in [0.15, 0.2) is 72.9 Å². The lowest BCUT2D eigenvalue weighted by molar-refractivity contribution is -0.124. The molecular weight excluding hydrogens is 432 g/mol. The second kappa shape index (κ2) is 7.98. The first-order valence-corrected chi connectivity index (χ1v) is 10.5. The van der Waals surface area contributed by atoms with E-state index in [0.717, 1.165) is 16.5 Å². The molecule has 2 heterocycles. The number of carbonyl (C=O) groups is 2. The fraction of sp³-hybridized carbons (Fsp3) is 0.115. The molecular formula is C26H20N4O4. The number of hydrogen-bond acceptors (Lipinski definition) is 5. The molecule has 3 amide bonds. The molecule has 1 aliphatic heterocycles. The fourth-order valence-electron chi connectivity index (χ4n) is 4.34. The van der Waals surface area contributed by atoms with E-state index >= 15 is 0 Å². The molecule has 1 aliphatic rings. The molecule has 168 valence electrons. The molecule has 34 heavy (non-hydrogen) atoms. The van der Waals surface area contributed by atoms with Crippen molar-refractivity contribution in [2.45, 2.75) is 12.1 Å². The molecule has 0 bridgehead atoms. The Morgan fingerprint density at radius 3 is 2.53 bits per heavy atom. The first kappa shape index (κ1) is 21.1. The zero-order valence-electron chi connectivity index (χ0n) is 18.2. The number of nitrogens with one attached hydrogen (secondary N) is 2. The van der Waals surface area contributed by atoms with Crippen molar-refractivity contribution in [1.82, 2.24) is 15.2 Å². The van der Waals surface area contributed by atoms with Gasteiger partial charge in [-0.3, -0.25) is 10.1 Å². The van der Waals surface area contributed by atoms with Crippen LogP contribution in [-0.2, 0) is 16.9 Å². The number of nitriles is 1. The van der Waals surface area contributed by atoms with Gasteiger partial charge < -0.3 is 19.7 Å².